The van der Waals surface area contributed by atoms with Crippen LogP contribution in [0.25, 0.3) is 34.1 Å². The minimum absolute atomic E-state index is 0.215. The summed E-state index contributed by atoms with van der Waals surface area (Å²) in [6, 6.07) is 17.4. The summed E-state index contributed by atoms with van der Waals surface area (Å²) >= 11 is 0. The fraction of sp³-hybridized carbons (Fsp3) is 0.192. The van der Waals surface area contributed by atoms with E-state index in [-0.39, 0.29) is 5.78 Å². The van der Waals surface area contributed by atoms with Crippen LogP contribution in [0.15, 0.2) is 76.6 Å². The molecule has 2 aromatic heterocycles. The lowest BCUT2D eigenvalue weighted by atomic mass is 10.0. The minimum Gasteiger partial charge on any atom is -0.457 e. The van der Waals surface area contributed by atoms with Crippen molar-refractivity contribution in [2.24, 2.45) is 0 Å². The average molecular weight is 386 g/mol. The van der Waals surface area contributed by atoms with E-state index >= 15 is 0 Å². The van der Waals surface area contributed by atoms with Crippen molar-refractivity contribution in [1.82, 2.24) is 0 Å². The van der Waals surface area contributed by atoms with Crippen LogP contribution in [0.5, 0.6) is 0 Å². The van der Waals surface area contributed by atoms with Crippen molar-refractivity contribution in [1.29, 1.82) is 0 Å². The van der Waals surface area contributed by atoms with Gasteiger partial charge in [-0.25, -0.2) is 0 Å². The zero-order chi connectivity index (χ0) is 20.6. The fourth-order valence-electron chi connectivity index (χ4n) is 3.12. The van der Waals surface area contributed by atoms with E-state index in [0.29, 0.717) is 6.42 Å². The number of carbonyl (C=O) groups is 1. The smallest absolute Gasteiger partial charge is 0.162 e. The Labute approximate surface area is 171 Å². The van der Waals surface area contributed by atoms with Crippen molar-refractivity contribution in [3.8, 4) is 0 Å². The molecule has 0 unspecified atom stereocenters. The molecule has 4 rings (SSSR count). The monoisotopic (exact) mass is 386 g/mol. The van der Waals surface area contributed by atoms with Gasteiger partial charge in [0.1, 0.15) is 22.7 Å². The number of rotatable bonds is 7. The van der Waals surface area contributed by atoms with Crippen LogP contribution in [0.1, 0.15) is 54.5 Å². The predicted octanol–water partition coefficient (Wildman–Crippen LogP) is 7.91. The Balaban J connectivity index is 0.000000186. The Morgan fingerprint density at radius 3 is 2.17 bits per heavy atom. The second-order valence-corrected chi connectivity index (χ2v) is 6.88. The van der Waals surface area contributed by atoms with Crippen molar-refractivity contribution in [3.63, 3.8) is 0 Å². The molecule has 0 saturated carbocycles. The van der Waals surface area contributed by atoms with Crippen LogP contribution in [0.2, 0.25) is 0 Å². The molecule has 0 aliphatic heterocycles. The van der Waals surface area contributed by atoms with Crippen molar-refractivity contribution in [3.05, 3.63) is 84.8 Å². The number of hydrogen-bond donors (Lipinski definition) is 0. The van der Waals surface area contributed by atoms with Gasteiger partial charge in [-0.05, 0) is 55.0 Å². The molecule has 0 amide bonds. The highest BCUT2D eigenvalue weighted by Gasteiger charge is 2.08. The maximum absolute atomic E-state index is 12.0. The molecule has 0 spiro atoms. The number of ketones is 1. The van der Waals surface area contributed by atoms with Crippen molar-refractivity contribution < 1.29 is 13.6 Å². The van der Waals surface area contributed by atoms with Crippen molar-refractivity contribution in [2.75, 3.05) is 0 Å². The zero-order valence-corrected chi connectivity index (χ0v) is 16.8. The van der Waals surface area contributed by atoms with E-state index in [0.717, 1.165) is 58.3 Å². The van der Waals surface area contributed by atoms with E-state index in [1.807, 2.05) is 54.6 Å². The summed E-state index contributed by atoms with van der Waals surface area (Å²) < 4.78 is 10.9. The first-order valence-corrected chi connectivity index (χ1v) is 9.95. The van der Waals surface area contributed by atoms with Gasteiger partial charge in [-0.3, -0.25) is 4.79 Å². The number of unbranched alkanes of at least 4 members (excludes halogenated alkanes) is 2. The summed E-state index contributed by atoms with van der Waals surface area (Å²) in [7, 11) is 0. The summed E-state index contributed by atoms with van der Waals surface area (Å²) in [6.45, 7) is 9.44. The minimum atomic E-state index is 0.215. The summed E-state index contributed by atoms with van der Waals surface area (Å²) in [5, 5.41) is 2.09. The molecular weight excluding hydrogens is 360 g/mol. The Kier molecular flexibility index (Phi) is 6.85. The quantitative estimate of drug-likeness (QED) is 0.239. The molecule has 0 aliphatic carbocycles. The highest BCUT2D eigenvalue weighted by Crippen LogP contribution is 2.22. The average Bonchev–Trinajstić information content (AvgIpc) is 3.37. The zero-order valence-electron chi connectivity index (χ0n) is 16.8. The first-order chi connectivity index (χ1) is 14.1. The summed E-state index contributed by atoms with van der Waals surface area (Å²) in [6.07, 6.45) is 7.22. The third kappa shape index (κ3) is 5.14. The Morgan fingerprint density at radius 1 is 0.862 bits per heavy atom. The lowest BCUT2D eigenvalue weighted by molar-refractivity contribution is 0.0979. The maximum Gasteiger partial charge on any atom is 0.162 e. The summed E-state index contributed by atoms with van der Waals surface area (Å²) in [4.78, 5) is 12.0. The first kappa shape index (κ1) is 20.4. The Morgan fingerprint density at radius 2 is 1.52 bits per heavy atom. The van der Waals surface area contributed by atoms with Crippen molar-refractivity contribution >= 4 is 39.9 Å². The number of para-hydroxylation sites is 1. The Bertz CT molecular complexity index is 1090. The van der Waals surface area contributed by atoms with E-state index in [4.69, 9.17) is 8.83 Å². The van der Waals surface area contributed by atoms with Gasteiger partial charge in [0.25, 0.3) is 0 Å². The molecule has 2 aromatic carbocycles. The van der Waals surface area contributed by atoms with Crippen LogP contribution in [0, 0.1) is 0 Å². The largest absolute Gasteiger partial charge is 0.457 e. The third-order valence-electron chi connectivity index (χ3n) is 4.71. The molecule has 0 atom stereocenters. The molecule has 2 heterocycles. The van der Waals surface area contributed by atoms with E-state index in [2.05, 4.69) is 20.1 Å². The molecule has 29 heavy (non-hydrogen) atoms. The van der Waals surface area contributed by atoms with Crippen molar-refractivity contribution in [2.45, 2.75) is 32.6 Å². The third-order valence-corrected chi connectivity index (χ3v) is 4.71. The van der Waals surface area contributed by atoms with Crippen LogP contribution >= 0.6 is 0 Å². The second-order valence-electron chi connectivity index (χ2n) is 6.88. The highest BCUT2D eigenvalue weighted by atomic mass is 16.3. The topological polar surface area (TPSA) is 43.4 Å². The van der Waals surface area contributed by atoms with E-state index in [9.17, 15) is 4.79 Å². The molecule has 148 valence electrons. The molecule has 3 heteroatoms. The number of Topliss-reactive ketones (excluding diaryl/α,β-unsaturated/α-hetero) is 1. The number of carbonyl (C=O) groups excluding carboxylic acids is 1. The summed E-state index contributed by atoms with van der Waals surface area (Å²) in [5.41, 5.74) is 2.49. The standard InChI is InChI=1S/C16H18O2.C10H8O/c1-3-5-6-7-15(17)12-8-9-16-13(10-12)11-14(4-2)18-16;1-2-9-7-8-5-3-4-6-10(8)11-9/h4,8-11H,2-3,5-7H2,1H3;2-7H,1H2. The number of hydrogen-bond acceptors (Lipinski definition) is 3. The lowest BCUT2D eigenvalue weighted by Gasteiger charge is -2.00. The lowest BCUT2D eigenvalue weighted by Crippen LogP contribution is -1.98. The van der Waals surface area contributed by atoms with Gasteiger partial charge in [-0.2, -0.15) is 0 Å². The number of benzene rings is 2. The molecule has 0 N–H and O–H groups in total. The van der Waals surface area contributed by atoms with E-state index < -0.39 is 0 Å². The number of fused-ring (bicyclic) bond motifs is 2. The molecule has 3 nitrogen and oxygen atoms in total. The van der Waals surface area contributed by atoms with Gasteiger partial charge < -0.3 is 8.83 Å². The molecular formula is C26H26O3. The van der Waals surface area contributed by atoms with Gasteiger partial charge in [0.2, 0.25) is 0 Å². The van der Waals surface area contributed by atoms with E-state index in [1.54, 1.807) is 12.2 Å². The molecule has 0 fully saturated rings. The van der Waals surface area contributed by atoms with Crippen LogP contribution in [-0.2, 0) is 0 Å². The first-order valence-electron chi connectivity index (χ1n) is 9.95. The summed E-state index contributed by atoms with van der Waals surface area (Å²) in [5.74, 6) is 1.78. The highest BCUT2D eigenvalue weighted by molar-refractivity contribution is 5.99. The Hall–Kier alpha value is -3.33. The van der Waals surface area contributed by atoms with Gasteiger partial charge in [0.05, 0.1) is 0 Å². The van der Waals surface area contributed by atoms with Gasteiger partial charge in [-0.1, -0.05) is 51.1 Å². The molecule has 0 saturated heterocycles. The van der Waals surface area contributed by atoms with Crippen LogP contribution in [0.4, 0.5) is 0 Å². The van der Waals surface area contributed by atoms with Crippen LogP contribution in [0.3, 0.4) is 0 Å². The molecule has 0 aliphatic rings. The predicted molar refractivity (Wildman–Crippen MR) is 121 cm³/mol. The SMILES string of the molecule is C=Cc1cc2cc(C(=O)CCCCC)ccc2o1.C=Cc1cc2ccccc2o1. The van der Waals surface area contributed by atoms with E-state index in [1.165, 1.54) is 0 Å². The van der Waals surface area contributed by atoms with Gasteiger partial charge in [0.15, 0.2) is 5.78 Å². The van der Waals surface area contributed by atoms with Gasteiger partial charge in [0, 0.05) is 22.8 Å². The van der Waals surface area contributed by atoms with Crippen LogP contribution < -0.4 is 0 Å². The van der Waals surface area contributed by atoms with Gasteiger partial charge in [-0.15, -0.1) is 0 Å². The van der Waals surface area contributed by atoms with Gasteiger partial charge >= 0.3 is 0 Å². The normalized spacial score (nSPS) is 10.5. The van der Waals surface area contributed by atoms with Crippen LogP contribution in [-0.4, -0.2) is 5.78 Å². The second kappa shape index (κ2) is 9.74. The number of furan rings is 2. The molecule has 0 bridgehead atoms. The fourth-order valence-corrected chi connectivity index (χ4v) is 3.12. The molecule has 0 radical (unpaired) electrons. The molecule has 4 aromatic rings. The maximum atomic E-state index is 12.0.